The van der Waals surface area contributed by atoms with Crippen molar-refractivity contribution in [2.75, 3.05) is 5.32 Å². The summed E-state index contributed by atoms with van der Waals surface area (Å²) in [6.45, 7) is 0. The molecule has 0 spiro atoms. The summed E-state index contributed by atoms with van der Waals surface area (Å²) in [6.07, 6.45) is 2.26. The van der Waals surface area contributed by atoms with Crippen molar-refractivity contribution in [3.8, 4) is 0 Å². The Hall–Kier alpha value is -2.56. The second-order valence-corrected chi connectivity index (χ2v) is 7.38. The highest BCUT2D eigenvalue weighted by atomic mass is 35.5. The van der Waals surface area contributed by atoms with Crippen LogP contribution in [-0.2, 0) is 0 Å². The molecule has 1 N–H and O–H groups in total. The first kappa shape index (κ1) is 14.8. The maximum atomic E-state index is 6.04. The lowest BCUT2D eigenvalue weighted by Crippen LogP contribution is -2.18. The van der Waals surface area contributed by atoms with Gasteiger partial charge in [0.15, 0.2) is 0 Å². The lowest BCUT2D eigenvalue weighted by molar-refractivity contribution is 0.733. The normalized spacial score (nSPS) is 16.4. The zero-order valence-electron chi connectivity index (χ0n) is 13.2. The van der Waals surface area contributed by atoms with Gasteiger partial charge in [0.1, 0.15) is 0 Å². The predicted molar refractivity (Wildman–Crippen MR) is 105 cm³/mol. The Bertz CT molecular complexity index is 1080. The van der Waals surface area contributed by atoms with E-state index < -0.39 is 0 Å². The third-order valence-electron chi connectivity index (χ3n) is 4.43. The van der Waals surface area contributed by atoms with Crippen LogP contribution in [0.3, 0.4) is 0 Å². The molecular formula is C20H14ClN3S. The molecule has 1 aliphatic rings. The van der Waals surface area contributed by atoms with Crippen LogP contribution >= 0.6 is 22.9 Å². The van der Waals surface area contributed by atoms with E-state index in [1.807, 2.05) is 30.3 Å². The fourth-order valence-electron chi connectivity index (χ4n) is 3.28. The fraction of sp³-hybridized carbons (Fsp3) is 0.0500. The minimum Gasteiger partial charge on any atom is -0.325 e. The molecule has 0 saturated carbocycles. The number of nitrogens with zero attached hydrogens (tertiary/aromatic N) is 2. The Morgan fingerprint density at radius 3 is 2.64 bits per heavy atom. The van der Waals surface area contributed by atoms with E-state index in [-0.39, 0.29) is 6.04 Å². The molecule has 0 radical (unpaired) electrons. The molecule has 0 aliphatic carbocycles. The highest BCUT2D eigenvalue weighted by Gasteiger charge is 2.25. The van der Waals surface area contributed by atoms with Gasteiger partial charge >= 0.3 is 0 Å². The van der Waals surface area contributed by atoms with E-state index in [0.29, 0.717) is 0 Å². The zero-order valence-corrected chi connectivity index (χ0v) is 14.8. The van der Waals surface area contributed by atoms with Crippen LogP contribution in [-0.4, -0.2) is 9.55 Å². The van der Waals surface area contributed by atoms with Crippen molar-refractivity contribution in [1.82, 2.24) is 9.55 Å². The molecule has 2 aromatic heterocycles. The molecule has 2 aromatic carbocycles. The molecule has 0 unspecified atom stereocenters. The number of nitrogens with one attached hydrogen (secondary N) is 1. The molecule has 122 valence electrons. The zero-order chi connectivity index (χ0) is 16.8. The second-order valence-electron chi connectivity index (χ2n) is 5.97. The van der Waals surface area contributed by atoms with E-state index in [1.165, 1.54) is 4.88 Å². The van der Waals surface area contributed by atoms with Crippen molar-refractivity contribution in [3.05, 3.63) is 87.6 Å². The molecule has 3 heterocycles. The van der Waals surface area contributed by atoms with Crippen molar-refractivity contribution in [1.29, 1.82) is 0 Å². The summed E-state index contributed by atoms with van der Waals surface area (Å²) in [5.41, 5.74) is 4.29. The van der Waals surface area contributed by atoms with E-state index in [1.54, 1.807) is 11.3 Å². The molecule has 0 fully saturated rings. The lowest BCUT2D eigenvalue weighted by Gasteiger charge is -2.25. The van der Waals surface area contributed by atoms with Crippen LogP contribution in [0.5, 0.6) is 0 Å². The monoisotopic (exact) mass is 363 g/mol. The first-order valence-corrected chi connectivity index (χ1v) is 9.30. The summed E-state index contributed by atoms with van der Waals surface area (Å²) < 4.78 is 2.26. The first-order valence-electron chi connectivity index (χ1n) is 8.05. The largest absolute Gasteiger partial charge is 0.325 e. The predicted octanol–water partition coefficient (Wildman–Crippen LogP) is 5.81. The number of benzene rings is 2. The smallest absolute Gasteiger partial charge is 0.209 e. The molecular weight excluding hydrogens is 350 g/mol. The summed E-state index contributed by atoms with van der Waals surface area (Å²) in [6, 6.07) is 20.5. The van der Waals surface area contributed by atoms with E-state index in [0.717, 1.165) is 33.3 Å². The van der Waals surface area contributed by atoms with E-state index in [2.05, 4.69) is 51.7 Å². The molecule has 0 amide bonds. The van der Waals surface area contributed by atoms with Crippen molar-refractivity contribution >= 4 is 45.6 Å². The summed E-state index contributed by atoms with van der Waals surface area (Å²) in [5, 5.41) is 6.34. The van der Waals surface area contributed by atoms with Gasteiger partial charge in [0.25, 0.3) is 0 Å². The molecule has 5 heteroatoms. The number of hydrogen-bond acceptors (Lipinski definition) is 3. The van der Waals surface area contributed by atoms with Gasteiger partial charge < -0.3 is 5.32 Å². The minimum atomic E-state index is 0.120. The van der Waals surface area contributed by atoms with Gasteiger partial charge in [0.2, 0.25) is 5.95 Å². The van der Waals surface area contributed by atoms with E-state index >= 15 is 0 Å². The minimum absolute atomic E-state index is 0.120. The molecule has 0 bridgehead atoms. The van der Waals surface area contributed by atoms with Crippen molar-refractivity contribution < 1.29 is 0 Å². The van der Waals surface area contributed by atoms with Crippen LogP contribution < -0.4 is 5.32 Å². The van der Waals surface area contributed by atoms with Gasteiger partial charge in [-0.25, -0.2) is 4.98 Å². The second kappa shape index (κ2) is 5.76. The Labute approximate surface area is 154 Å². The van der Waals surface area contributed by atoms with Crippen molar-refractivity contribution in [2.45, 2.75) is 6.04 Å². The highest BCUT2D eigenvalue weighted by molar-refractivity contribution is 7.10. The lowest BCUT2D eigenvalue weighted by atomic mass is 10.1. The van der Waals surface area contributed by atoms with Crippen molar-refractivity contribution in [2.24, 2.45) is 0 Å². The van der Waals surface area contributed by atoms with Gasteiger partial charge in [0.05, 0.1) is 17.1 Å². The van der Waals surface area contributed by atoms with Crippen LogP contribution in [0, 0.1) is 0 Å². The molecule has 0 saturated heterocycles. The third-order valence-corrected chi connectivity index (χ3v) is 5.63. The number of allylic oxidation sites excluding steroid dienone is 1. The Morgan fingerprint density at radius 1 is 1.00 bits per heavy atom. The van der Waals surface area contributed by atoms with Crippen LogP contribution in [0.1, 0.15) is 16.5 Å². The van der Waals surface area contributed by atoms with Crippen LogP contribution in [0.4, 0.5) is 5.95 Å². The molecule has 1 atom stereocenters. The molecule has 25 heavy (non-hydrogen) atoms. The SMILES string of the molecule is Clc1ccc(C2=C[C@H](c3cccs3)n3c(nc4ccccc43)N2)cc1. The Kier molecular flexibility index (Phi) is 3.40. The van der Waals surface area contributed by atoms with Gasteiger partial charge in [-0.2, -0.15) is 0 Å². The maximum absolute atomic E-state index is 6.04. The molecule has 1 aliphatic heterocycles. The number of imidazole rings is 1. The number of hydrogen-bond donors (Lipinski definition) is 1. The van der Waals surface area contributed by atoms with Gasteiger partial charge in [-0.05, 0) is 47.4 Å². The number of fused-ring (bicyclic) bond motifs is 3. The van der Waals surface area contributed by atoms with Gasteiger partial charge in [0, 0.05) is 15.6 Å². The summed E-state index contributed by atoms with van der Waals surface area (Å²) in [4.78, 5) is 6.09. The summed E-state index contributed by atoms with van der Waals surface area (Å²) in [7, 11) is 0. The highest BCUT2D eigenvalue weighted by Crippen LogP contribution is 2.38. The number of thiophene rings is 1. The van der Waals surface area contributed by atoms with Crippen LogP contribution in [0.25, 0.3) is 16.7 Å². The van der Waals surface area contributed by atoms with E-state index in [4.69, 9.17) is 16.6 Å². The first-order chi connectivity index (χ1) is 12.3. The van der Waals surface area contributed by atoms with Gasteiger partial charge in [-0.1, -0.05) is 41.9 Å². The topological polar surface area (TPSA) is 29.9 Å². The third kappa shape index (κ3) is 2.46. The average molecular weight is 364 g/mol. The number of aromatic nitrogens is 2. The van der Waals surface area contributed by atoms with Crippen LogP contribution in [0.15, 0.2) is 72.1 Å². The fourth-order valence-corrected chi connectivity index (χ4v) is 4.19. The molecule has 5 rings (SSSR count). The maximum Gasteiger partial charge on any atom is 0.209 e. The summed E-state index contributed by atoms with van der Waals surface area (Å²) in [5.74, 6) is 0.868. The summed E-state index contributed by atoms with van der Waals surface area (Å²) >= 11 is 7.80. The quantitative estimate of drug-likeness (QED) is 0.487. The Morgan fingerprint density at radius 2 is 1.84 bits per heavy atom. The average Bonchev–Trinajstić information content (AvgIpc) is 3.29. The van der Waals surface area contributed by atoms with Crippen molar-refractivity contribution in [3.63, 3.8) is 0 Å². The standard InChI is InChI=1S/C20H14ClN3S/c21-14-9-7-13(8-10-14)16-12-18(19-6-3-11-25-19)24-17-5-2-1-4-15(17)22-20(24)23-16/h1-12,18H,(H,22,23)/t18-/m1/s1. The van der Waals surface area contributed by atoms with Gasteiger partial charge in [-0.3, -0.25) is 4.57 Å². The van der Waals surface area contributed by atoms with Crippen LogP contribution in [0.2, 0.25) is 5.02 Å². The van der Waals surface area contributed by atoms with E-state index in [9.17, 15) is 0 Å². The number of rotatable bonds is 2. The number of para-hydroxylation sites is 2. The molecule has 3 nitrogen and oxygen atoms in total. The number of halogens is 1. The number of anilines is 1. The Balaban J connectivity index is 1.71. The van der Waals surface area contributed by atoms with Gasteiger partial charge in [-0.15, -0.1) is 11.3 Å². The molecule has 4 aromatic rings.